The zero-order valence-corrected chi connectivity index (χ0v) is 12.3. The van der Waals surface area contributed by atoms with Crippen molar-refractivity contribution < 1.29 is 9.53 Å². The zero-order chi connectivity index (χ0) is 13.1. The average Bonchev–Trinajstić information content (AvgIpc) is 2.76. The highest BCUT2D eigenvalue weighted by molar-refractivity contribution is 9.11. The van der Waals surface area contributed by atoms with Gasteiger partial charge in [-0.25, -0.2) is 4.79 Å². The van der Waals surface area contributed by atoms with Crippen LogP contribution in [0.15, 0.2) is 34.1 Å². The van der Waals surface area contributed by atoms with Crippen molar-refractivity contribution in [3.8, 4) is 0 Å². The summed E-state index contributed by atoms with van der Waals surface area (Å²) < 4.78 is 6.17. The molecule has 3 nitrogen and oxygen atoms in total. The molecule has 1 aromatic heterocycles. The van der Waals surface area contributed by atoms with E-state index in [1.165, 1.54) is 11.3 Å². The third-order valence-corrected chi connectivity index (χ3v) is 4.24. The number of nitrogen functional groups attached to an aromatic ring is 1. The van der Waals surface area contributed by atoms with Crippen molar-refractivity contribution in [1.29, 1.82) is 0 Å². The van der Waals surface area contributed by atoms with Gasteiger partial charge in [-0.1, -0.05) is 17.7 Å². The standard InChI is InChI=1S/C12H9BrClNO2S/c13-10-5-4-7(18-10)6-17-12(16)8-2-1-3-9(15)11(8)14/h1-5H,6,15H2. The Bertz CT molecular complexity index is 585. The van der Waals surface area contributed by atoms with Gasteiger partial charge >= 0.3 is 5.97 Å². The van der Waals surface area contributed by atoms with E-state index in [9.17, 15) is 4.79 Å². The maximum atomic E-state index is 11.8. The molecular weight excluding hydrogens is 338 g/mol. The fourth-order valence-corrected chi connectivity index (χ4v) is 2.95. The number of esters is 1. The Kier molecular flexibility index (Phi) is 4.27. The highest BCUT2D eigenvalue weighted by Gasteiger charge is 2.13. The molecule has 2 N–H and O–H groups in total. The van der Waals surface area contributed by atoms with Gasteiger partial charge in [-0.15, -0.1) is 11.3 Å². The molecule has 0 aliphatic rings. The van der Waals surface area contributed by atoms with Gasteiger partial charge in [0.2, 0.25) is 0 Å². The summed E-state index contributed by atoms with van der Waals surface area (Å²) in [5, 5.41) is 0.231. The van der Waals surface area contributed by atoms with Crippen molar-refractivity contribution in [2.24, 2.45) is 0 Å². The second kappa shape index (κ2) is 5.73. The second-order valence-electron chi connectivity index (χ2n) is 3.49. The summed E-state index contributed by atoms with van der Waals surface area (Å²) in [6, 6.07) is 8.69. The highest BCUT2D eigenvalue weighted by Crippen LogP contribution is 2.25. The first kappa shape index (κ1) is 13.4. The molecule has 0 saturated heterocycles. The Morgan fingerprint density at radius 2 is 2.17 bits per heavy atom. The van der Waals surface area contributed by atoms with Gasteiger partial charge in [0.1, 0.15) is 6.61 Å². The van der Waals surface area contributed by atoms with Crippen molar-refractivity contribution in [1.82, 2.24) is 0 Å². The second-order valence-corrected chi connectivity index (χ2v) is 6.42. The summed E-state index contributed by atoms with van der Waals surface area (Å²) in [5.74, 6) is -0.475. The first-order chi connectivity index (χ1) is 8.58. The lowest BCUT2D eigenvalue weighted by Gasteiger charge is -2.06. The normalized spacial score (nSPS) is 10.3. The number of thiophene rings is 1. The third-order valence-electron chi connectivity index (χ3n) is 2.22. The number of benzene rings is 1. The number of halogens is 2. The van der Waals surface area contributed by atoms with Gasteiger partial charge in [-0.05, 0) is 40.2 Å². The average molecular weight is 347 g/mol. The van der Waals surface area contributed by atoms with Crippen molar-refractivity contribution in [3.05, 3.63) is 49.6 Å². The largest absolute Gasteiger partial charge is 0.456 e. The summed E-state index contributed by atoms with van der Waals surface area (Å²) in [5.41, 5.74) is 6.28. The lowest BCUT2D eigenvalue weighted by Crippen LogP contribution is -2.06. The van der Waals surface area contributed by atoms with Gasteiger partial charge in [0.05, 0.1) is 20.1 Å². The SMILES string of the molecule is Nc1cccc(C(=O)OCc2ccc(Br)s2)c1Cl. The van der Waals surface area contributed by atoms with Crippen LogP contribution in [-0.4, -0.2) is 5.97 Å². The van der Waals surface area contributed by atoms with Gasteiger partial charge in [-0.3, -0.25) is 0 Å². The molecule has 0 fully saturated rings. The molecule has 2 aromatic rings. The number of carbonyl (C=O) groups is 1. The Morgan fingerprint density at radius 3 is 2.83 bits per heavy atom. The molecule has 94 valence electrons. The van der Waals surface area contributed by atoms with E-state index in [1.54, 1.807) is 18.2 Å². The molecule has 0 radical (unpaired) electrons. The van der Waals surface area contributed by atoms with Crippen molar-refractivity contribution in [3.63, 3.8) is 0 Å². The van der Waals surface area contributed by atoms with E-state index in [2.05, 4.69) is 15.9 Å². The molecule has 0 saturated carbocycles. The van der Waals surface area contributed by atoms with Crippen LogP contribution in [0.4, 0.5) is 5.69 Å². The molecule has 0 aliphatic heterocycles. The van der Waals surface area contributed by atoms with Crippen LogP contribution in [0.1, 0.15) is 15.2 Å². The number of anilines is 1. The van der Waals surface area contributed by atoms with E-state index in [-0.39, 0.29) is 17.2 Å². The van der Waals surface area contributed by atoms with Crippen LogP contribution < -0.4 is 5.73 Å². The van der Waals surface area contributed by atoms with E-state index in [0.717, 1.165) is 8.66 Å². The molecule has 1 aromatic carbocycles. The monoisotopic (exact) mass is 345 g/mol. The van der Waals surface area contributed by atoms with Gasteiger partial charge in [-0.2, -0.15) is 0 Å². The van der Waals surface area contributed by atoms with Crippen molar-refractivity contribution >= 4 is 50.5 Å². The number of hydrogen-bond donors (Lipinski definition) is 1. The topological polar surface area (TPSA) is 52.3 Å². The molecule has 0 aliphatic carbocycles. The molecule has 2 rings (SSSR count). The van der Waals surface area contributed by atoms with Gasteiger partial charge in [0, 0.05) is 4.88 Å². The zero-order valence-electron chi connectivity index (χ0n) is 9.15. The van der Waals surface area contributed by atoms with E-state index in [0.29, 0.717) is 5.69 Å². The first-order valence-corrected chi connectivity index (χ1v) is 7.02. The van der Waals surface area contributed by atoms with Crippen molar-refractivity contribution in [2.45, 2.75) is 6.61 Å². The van der Waals surface area contributed by atoms with Crippen LogP contribution in [0.2, 0.25) is 5.02 Å². The number of hydrogen-bond acceptors (Lipinski definition) is 4. The fourth-order valence-electron chi connectivity index (χ4n) is 1.35. The summed E-state index contributed by atoms with van der Waals surface area (Å²) in [7, 11) is 0. The Hall–Kier alpha value is -1.04. The third kappa shape index (κ3) is 3.04. The predicted molar refractivity (Wildman–Crippen MR) is 77.0 cm³/mol. The van der Waals surface area contributed by atoms with E-state index >= 15 is 0 Å². The summed E-state index contributed by atoms with van der Waals surface area (Å²) in [4.78, 5) is 12.8. The maximum Gasteiger partial charge on any atom is 0.340 e. The molecule has 0 unspecified atom stereocenters. The van der Waals surface area contributed by atoms with Crippen LogP contribution in [0.3, 0.4) is 0 Å². The molecular formula is C12H9BrClNO2S. The Balaban J connectivity index is 2.06. The number of ether oxygens (including phenoxy) is 1. The summed E-state index contributed by atoms with van der Waals surface area (Å²) in [6.45, 7) is 0.222. The van der Waals surface area contributed by atoms with E-state index < -0.39 is 5.97 Å². The molecule has 0 atom stereocenters. The minimum Gasteiger partial charge on any atom is -0.456 e. The Labute approximate surface area is 122 Å². The van der Waals surface area contributed by atoms with Crippen molar-refractivity contribution in [2.75, 3.05) is 5.73 Å². The molecule has 0 spiro atoms. The fraction of sp³-hybridized carbons (Fsp3) is 0.0833. The quantitative estimate of drug-likeness (QED) is 0.672. The minimum absolute atomic E-state index is 0.222. The van der Waals surface area contributed by atoms with Crippen LogP contribution >= 0.6 is 38.9 Å². The molecule has 0 amide bonds. The van der Waals surface area contributed by atoms with Gasteiger partial charge in [0.25, 0.3) is 0 Å². The summed E-state index contributed by atoms with van der Waals surface area (Å²) >= 11 is 10.8. The van der Waals surface area contributed by atoms with Crippen LogP contribution in [0.5, 0.6) is 0 Å². The van der Waals surface area contributed by atoms with Gasteiger partial charge in [0.15, 0.2) is 0 Å². The molecule has 18 heavy (non-hydrogen) atoms. The van der Waals surface area contributed by atoms with Crippen LogP contribution in [-0.2, 0) is 11.3 Å². The predicted octanol–water partition coefficient (Wildman–Crippen LogP) is 4.10. The van der Waals surface area contributed by atoms with Crippen LogP contribution in [0.25, 0.3) is 0 Å². The number of nitrogens with two attached hydrogens (primary N) is 1. The lowest BCUT2D eigenvalue weighted by molar-refractivity contribution is 0.0477. The molecule has 0 bridgehead atoms. The van der Waals surface area contributed by atoms with Crippen LogP contribution in [0, 0.1) is 0 Å². The number of carbonyl (C=O) groups excluding carboxylic acids is 1. The number of rotatable bonds is 3. The molecule has 6 heteroatoms. The highest BCUT2D eigenvalue weighted by atomic mass is 79.9. The van der Waals surface area contributed by atoms with E-state index in [4.69, 9.17) is 22.1 Å². The Morgan fingerprint density at radius 1 is 1.39 bits per heavy atom. The first-order valence-electron chi connectivity index (χ1n) is 5.03. The molecule has 1 heterocycles. The smallest absolute Gasteiger partial charge is 0.340 e. The lowest BCUT2D eigenvalue weighted by atomic mass is 10.2. The maximum absolute atomic E-state index is 11.8. The van der Waals surface area contributed by atoms with E-state index in [1.807, 2.05) is 12.1 Å². The minimum atomic E-state index is -0.475. The van der Waals surface area contributed by atoms with Gasteiger partial charge < -0.3 is 10.5 Å². The summed E-state index contributed by atoms with van der Waals surface area (Å²) in [6.07, 6.45) is 0.